The van der Waals surface area contributed by atoms with Gasteiger partial charge < -0.3 is 4.90 Å². The third kappa shape index (κ3) is 3.70. The second-order valence-corrected chi connectivity index (χ2v) is 3.47. The summed E-state index contributed by atoms with van der Waals surface area (Å²) in [5, 5.41) is 8.20. The van der Waals surface area contributed by atoms with Crippen LogP contribution in [0.4, 0.5) is 0 Å². The van der Waals surface area contributed by atoms with Crippen LogP contribution in [0, 0.1) is 0 Å². The minimum atomic E-state index is 0.446. The monoisotopic (exact) mass is 199 g/mol. The number of rotatable bonds is 4. The summed E-state index contributed by atoms with van der Waals surface area (Å²) in [7, 11) is 2.07. The lowest BCUT2D eigenvalue weighted by atomic mass is 10.3. The van der Waals surface area contributed by atoms with Crippen molar-refractivity contribution in [2.75, 3.05) is 13.6 Å². The molecule has 0 aromatic carbocycles. The molecule has 1 rings (SSSR count). The molecule has 0 spiro atoms. The molecule has 0 aliphatic carbocycles. The minimum Gasteiger partial charge on any atom is -0.300 e. The van der Waals surface area contributed by atoms with E-state index in [4.69, 9.17) is 11.6 Å². The maximum absolute atomic E-state index is 5.62. The molecule has 0 fully saturated rings. The van der Waals surface area contributed by atoms with Crippen molar-refractivity contribution in [1.29, 1.82) is 0 Å². The molecular formula is C9H14ClN3. The van der Waals surface area contributed by atoms with E-state index in [0.717, 1.165) is 25.2 Å². The number of aromatic nitrogens is 2. The van der Waals surface area contributed by atoms with Crippen molar-refractivity contribution in [3.05, 3.63) is 23.0 Å². The molecule has 3 nitrogen and oxygen atoms in total. The molecule has 0 saturated carbocycles. The van der Waals surface area contributed by atoms with Crippen LogP contribution in [0.15, 0.2) is 12.1 Å². The highest BCUT2D eigenvalue weighted by atomic mass is 35.5. The molecule has 0 saturated heterocycles. The Kier molecular flexibility index (Phi) is 4.12. The lowest BCUT2D eigenvalue weighted by molar-refractivity contribution is 0.322. The second-order valence-electron chi connectivity index (χ2n) is 3.09. The number of halogens is 1. The van der Waals surface area contributed by atoms with Gasteiger partial charge in [0.15, 0.2) is 5.15 Å². The maximum atomic E-state index is 5.62. The lowest BCUT2D eigenvalue weighted by Crippen LogP contribution is -2.19. The predicted octanol–water partition coefficient (Wildman–Crippen LogP) is 1.97. The van der Waals surface area contributed by atoms with Gasteiger partial charge in [-0.05, 0) is 32.1 Å². The quantitative estimate of drug-likeness (QED) is 0.743. The summed E-state index contributed by atoms with van der Waals surface area (Å²) in [5.74, 6) is 0. The van der Waals surface area contributed by atoms with Crippen LogP contribution in [0.2, 0.25) is 5.15 Å². The van der Waals surface area contributed by atoms with Gasteiger partial charge >= 0.3 is 0 Å². The highest BCUT2D eigenvalue weighted by Gasteiger charge is 2.00. The van der Waals surface area contributed by atoms with Gasteiger partial charge in [0.25, 0.3) is 0 Å². The predicted molar refractivity (Wildman–Crippen MR) is 53.7 cm³/mol. The van der Waals surface area contributed by atoms with E-state index < -0.39 is 0 Å². The molecule has 1 heterocycles. The average Bonchev–Trinajstić information content (AvgIpc) is 2.09. The Balaban J connectivity index is 2.49. The van der Waals surface area contributed by atoms with Gasteiger partial charge in [0.1, 0.15) is 0 Å². The topological polar surface area (TPSA) is 29.0 Å². The highest BCUT2D eigenvalue weighted by Crippen LogP contribution is 2.04. The molecule has 0 atom stereocenters. The van der Waals surface area contributed by atoms with E-state index in [1.54, 1.807) is 6.07 Å². The van der Waals surface area contributed by atoms with E-state index in [2.05, 4.69) is 29.1 Å². The zero-order chi connectivity index (χ0) is 9.68. The summed E-state index contributed by atoms with van der Waals surface area (Å²) in [6, 6.07) is 3.67. The van der Waals surface area contributed by atoms with Crippen LogP contribution in [0.3, 0.4) is 0 Å². The van der Waals surface area contributed by atoms with Crippen LogP contribution in [-0.2, 0) is 6.54 Å². The SMILES string of the molecule is CCCN(C)Cc1ccc(Cl)nn1. The average molecular weight is 200 g/mol. The summed E-state index contributed by atoms with van der Waals surface area (Å²) in [4.78, 5) is 2.21. The summed E-state index contributed by atoms with van der Waals surface area (Å²) in [5.41, 5.74) is 0.959. The third-order valence-corrected chi connectivity index (χ3v) is 1.93. The molecule has 0 bridgehead atoms. The van der Waals surface area contributed by atoms with Gasteiger partial charge in [-0.1, -0.05) is 18.5 Å². The Hall–Kier alpha value is -0.670. The molecule has 0 aliphatic rings. The zero-order valence-electron chi connectivity index (χ0n) is 8.00. The van der Waals surface area contributed by atoms with Crippen molar-refractivity contribution in [1.82, 2.24) is 15.1 Å². The summed E-state index contributed by atoms with van der Waals surface area (Å²) >= 11 is 5.62. The second kappa shape index (κ2) is 5.14. The minimum absolute atomic E-state index is 0.446. The van der Waals surface area contributed by atoms with Gasteiger partial charge in [-0.3, -0.25) is 0 Å². The third-order valence-electron chi connectivity index (χ3n) is 1.72. The van der Waals surface area contributed by atoms with E-state index >= 15 is 0 Å². The fourth-order valence-electron chi connectivity index (χ4n) is 1.17. The zero-order valence-corrected chi connectivity index (χ0v) is 8.75. The number of nitrogens with zero attached hydrogens (tertiary/aromatic N) is 3. The van der Waals surface area contributed by atoms with Crippen molar-refractivity contribution < 1.29 is 0 Å². The highest BCUT2D eigenvalue weighted by molar-refractivity contribution is 6.29. The number of hydrogen-bond acceptors (Lipinski definition) is 3. The molecule has 0 N–H and O–H groups in total. The molecule has 1 aromatic heterocycles. The molecular weight excluding hydrogens is 186 g/mol. The molecule has 0 unspecified atom stereocenters. The van der Waals surface area contributed by atoms with Gasteiger partial charge in [-0.25, -0.2) is 0 Å². The van der Waals surface area contributed by atoms with E-state index in [1.807, 2.05) is 6.07 Å². The first-order valence-corrected chi connectivity index (χ1v) is 4.77. The van der Waals surface area contributed by atoms with Gasteiger partial charge in [-0.15, -0.1) is 5.10 Å². The first kappa shape index (κ1) is 10.4. The number of hydrogen-bond donors (Lipinski definition) is 0. The molecule has 0 amide bonds. The molecule has 4 heteroatoms. The van der Waals surface area contributed by atoms with Crippen LogP contribution in [-0.4, -0.2) is 28.7 Å². The Morgan fingerprint density at radius 3 is 2.69 bits per heavy atom. The Morgan fingerprint density at radius 2 is 2.15 bits per heavy atom. The van der Waals surface area contributed by atoms with Gasteiger partial charge in [-0.2, -0.15) is 5.10 Å². The van der Waals surface area contributed by atoms with Crippen LogP contribution in [0.5, 0.6) is 0 Å². The van der Waals surface area contributed by atoms with E-state index in [1.165, 1.54) is 0 Å². The summed E-state index contributed by atoms with van der Waals surface area (Å²) < 4.78 is 0. The first-order chi connectivity index (χ1) is 6.22. The van der Waals surface area contributed by atoms with Crippen LogP contribution in [0.1, 0.15) is 19.0 Å². The van der Waals surface area contributed by atoms with E-state index in [9.17, 15) is 0 Å². The van der Waals surface area contributed by atoms with E-state index in [-0.39, 0.29) is 0 Å². The van der Waals surface area contributed by atoms with Crippen LogP contribution < -0.4 is 0 Å². The molecule has 72 valence electrons. The van der Waals surface area contributed by atoms with E-state index in [0.29, 0.717) is 5.15 Å². The molecule has 0 radical (unpaired) electrons. The van der Waals surface area contributed by atoms with Crippen molar-refractivity contribution >= 4 is 11.6 Å². The molecule has 13 heavy (non-hydrogen) atoms. The van der Waals surface area contributed by atoms with Gasteiger partial charge in [0.2, 0.25) is 0 Å². The fraction of sp³-hybridized carbons (Fsp3) is 0.556. The van der Waals surface area contributed by atoms with Gasteiger partial charge in [0, 0.05) is 6.54 Å². The van der Waals surface area contributed by atoms with Crippen LogP contribution >= 0.6 is 11.6 Å². The molecule has 1 aromatic rings. The van der Waals surface area contributed by atoms with Gasteiger partial charge in [0.05, 0.1) is 5.69 Å². The Labute approximate surface area is 83.7 Å². The van der Waals surface area contributed by atoms with Crippen molar-refractivity contribution in [2.24, 2.45) is 0 Å². The summed E-state index contributed by atoms with van der Waals surface area (Å²) in [6.07, 6.45) is 1.15. The fourth-order valence-corrected chi connectivity index (χ4v) is 1.27. The molecule has 0 aliphatic heterocycles. The Morgan fingerprint density at radius 1 is 1.38 bits per heavy atom. The first-order valence-electron chi connectivity index (χ1n) is 4.39. The van der Waals surface area contributed by atoms with Crippen molar-refractivity contribution in [3.63, 3.8) is 0 Å². The standard InChI is InChI=1S/C9H14ClN3/c1-3-6-13(2)7-8-4-5-9(10)12-11-8/h4-5H,3,6-7H2,1-2H3. The van der Waals surface area contributed by atoms with Crippen molar-refractivity contribution in [2.45, 2.75) is 19.9 Å². The normalized spacial score (nSPS) is 10.8. The van der Waals surface area contributed by atoms with Crippen molar-refractivity contribution in [3.8, 4) is 0 Å². The largest absolute Gasteiger partial charge is 0.300 e. The lowest BCUT2D eigenvalue weighted by Gasteiger charge is -2.13. The smallest absolute Gasteiger partial charge is 0.151 e. The maximum Gasteiger partial charge on any atom is 0.151 e. The van der Waals surface area contributed by atoms with Crippen LogP contribution in [0.25, 0.3) is 0 Å². The Bertz CT molecular complexity index is 248. The summed E-state index contributed by atoms with van der Waals surface area (Å²) in [6.45, 7) is 4.06.